The summed E-state index contributed by atoms with van der Waals surface area (Å²) in [6.45, 7) is -0.0366. The van der Waals surface area contributed by atoms with Crippen molar-refractivity contribution >= 4 is 5.91 Å². The minimum atomic E-state index is -4.35. The van der Waals surface area contributed by atoms with Crippen LogP contribution in [0.1, 0.15) is 29.2 Å². The number of rotatable bonds is 4. The van der Waals surface area contributed by atoms with Crippen molar-refractivity contribution in [1.29, 1.82) is 0 Å². The SMILES string of the molecule is CNC(=O)COC1CCc2c(-c3ccc(C(F)(F)F)cc3)cncc21. The Morgan fingerprint density at radius 1 is 1.28 bits per heavy atom. The van der Waals surface area contributed by atoms with Gasteiger partial charge in [0.1, 0.15) is 6.61 Å². The first kappa shape index (κ1) is 17.4. The average molecular weight is 350 g/mol. The molecule has 1 atom stereocenters. The van der Waals surface area contributed by atoms with Gasteiger partial charge in [0.25, 0.3) is 0 Å². The molecule has 0 bridgehead atoms. The van der Waals surface area contributed by atoms with Crippen molar-refractivity contribution in [2.75, 3.05) is 13.7 Å². The summed E-state index contributed by atoms with van der Waals surface area (Å²) in [5, 5.41) is 2.50. The second kappa shape index (κ2) is 6.84. The van der Waals surface area contributed by atoms with Crippen LogP contribution < -0.4 is 5.32 Å². The summed E-state index contributed by atoms with van der Waals surface area (Å²) in [6, 6.07) is 5.06. The molecule has 132 valence electrons. The molecule has 3 rings (SSSR count). The Kier molecular flexibility index (Phi) is 4.76. The molecule has 25 heavy (non-hydrogen) atoms. The van der Waals surface area contributed by atoms with Crippen LogP contribution in [0.15, 0.2) is 36.7 Å². The Morgan fingerprint density at radius 2 is 2.00 bits per heavy atom. The lowest BCUT2D eigenvalue weighted by Gasteiger charge is -2.14. The summed E-state index contributed by atoms with van der Waals surface area (Å²) in [6.07, 6.45) is 0.216. The number of likely N-dealkylation sites (N-methyl/N-ethyl adjacent to an activating group) is 1. The molecule has 1 aromatic heterocycles. The summed E-state index contributed by atoms with van der Waals surface area (Å²) in [5.74, 6) is -0.208. The third-order valence-corrected chi connectivity index (χ3v) is 4.31. The van der Waals surface area contributed by atoms with E-state index in [2.05, 4.69) is 10.3 Å². The fourth-order valence-corrected chi connectivity index (χ4v) is 3.00. The van der Waals surface area contributed by atoms with Gasteiger partial charge in [-0.3, -0.25) is 9.78 Å². The highest BCUT2D eigenvalue weighted by atomic mass is 19.4. The Balaban J connectivity index is 1.85. The van der Waals surface area contributed by atoms with Crippen LogP contribution in [0.4, 0.5) is 13.2 Å². The smallest absolute Gasteiger partial charge is 0.364 e. The number of nitrogens with zero attached hydrogens (tertiary/aromatic N) is 1. The van der Waals surface area contributed by atoms with Crippen LogP contribution in [0.25, 0.3) is 11.1 Å². The van der Waals surface area contributed by atoms with E-state index in [0.29, 0.717) is 12.0 Å². The van der Waals surface area contributed by atoms with Crippen LogP contribution >= 0.6 is 0 Å². The van der Waals surface area contributed by atoms with Crippen molar-refractivity contribution in [3.63, 3.8) is 0 Å². The van der Waals surface area contributed by atoms with Gasteiger partial charge in [-0.15, -0.1) is 0 Å². The molecule has 0 fully saturated rings. The Morgan fingerprint density at radius 3 is 2.64 bits per heavy atom. The van der Waals surface area contributed by atoms with Crippen LogP contribution in [-0.2, 0) is 22.1 Å². The lowest BCUT2D eigenvalue weighted by molar-refractivity contribution is -0.137. The van der Waals surface area contributed by atoms with Crippen molar-refractivity contribution in [2.24, 2.45) is 0 Å². The maximum absolute atomic E-state index is 12.7. The Bertz CT molecular complexity index is 773. The zero-order chi connectivity index (χ0) is 18.0. The van der Waals surface area contributed by atoms with Crippen LogP contribution in [0.5, 0.6) is 0 Å². The number of carbonyl (C=O) groups is 1. The van der Waals surface area contributed by atoms with Crippen molar-refractivity contribution in [3.05, 3.63) is 53.3 Å². The number of aromatic nitrogens is 1. The molecule has 0 aliphatic heterocycles. The average Bonchev–Trinajstić information content (AvgIpc) is 3.02. The Labute approximate surface area is 143 Å². The van der Waals surface area contributed by atoms with Crippen molar-refractivity contribution < 1.29 is 22.7 Å². The van der Waals surface area contributed by atoms with E-state index in [0.717, 1.165) is 35.2 Å². The number of nitrogens with one attached hydrogen (secondary N) is 1. The van der Waals surface area contributed by atoms with Gasteiger partial charge >= 0.3 is 6.18 Å². The summed E-state index contributed by atoms with van der Waals surface area (Å²) in [4.78, 5) is 15.5. The first-order chi connectivity index (χ1) is 11.9. The number of hydrogen-bond acceptors (Lipinski definition) is 3. The van der Waals surface area contributed by atoms with Gasteiger partial charge in [0.2, 0.25) is 5.91 Å². The number of ether oxygens (including phenoxy) is 1. The van der Waals surface area contributed by atoms with Gasteiger partial charge in [-0.1, -0.05) is 12.1 Å². The number of alkyl halides is 3. The largest absolute Gasteiger partial charge is 0.416 e. The van der Waals surface area contributed by atoms with Gasteiger partial charge in [0.15, 0.2) is 0 Å². The molecule has 4 nitrogen and oxygen atoms in total. The van der Waals surface area contributed by atoms with Crippen LogP contribution in [0.3, 0.4) is 0 Å². The minimum absolute atomic E-state index is 0.0366. The number of carbonyl (C=O) groups excluding carboxylic acids is 1. The normalized spacial score (nSPS) is 16.6. The predicted molar refractivity (Wildman–Crippen MR) is 85.8 cm³/mol. The lowest BCUT2D eigenvalue weighted by Crippen LogP contribution is -2.24. The predicted octanol–water partition coefficient (Wildman–Crippen LogP) is 3.52. The fraction of sp³-hybridized carbons (Fsp3) is 0.333. The number of benzene rings is 1. The maximum atomic E-state index is 12.7. The van der Waals surface area contributed by atoms with E-state index in [-0.39, 0.29) is 18.6 Å². The van der Waals surface area contributed by atoms with E-state index in [4.69, 9.17) is 4.74 Å². The van der Waals surface area contributed by atoms with Gasteiger partial charge < -0.3 is 10.1 Å². The monoisotopic (exact) mass is 350 g/mol. The molecule has 7 heteroatoms. The molecule has 1 aliphatic carbocycles. The van der Waals surface area contributed by atoms with Gasteiger partial charge in [-0.2, -0.15) is 13.2 Å². The number of pyridine rings is 1. The highest BCUT2D eigenvalue weighted by Gasteiger charge is 2.31. The third-order valence-electron chi connectivity index (χ3n) is 4.31. The van der Waals surface area contributed by atoms with Crippen LogP contribution in [-0.4, -0.2) is 24.5 Å². The minimum Gasteiger partial charge on any atom is -0.364 e. The van der Waals surface area contributed by atoms with Crippen LogP contribution in [0.2, 0.25) is 0 Å². The molecule has 0 saturated heterocycles. The number of amides is 1. The van der Waals surface area contributed by atoms with E-state index >= 15 is 0 Å². The quantitative estimate of drug-likeness (QED) is 0.918. The van der Waals surface area contributed by atoms with Crippen molar-refractivity contribution in [2.45, 2.75) is 25.1 Å². The van der Waals surface area contributed by atoms with Gasteiger partial charge in [-0.25, -0.2) is 0 Å². The second-order valence-corrected chi connectivity index (χ2v) is 5.84. The molecule has 1 N–H and O–H groups in total. The number of halogens is 3. The van der Waals surface area contributed by atoms with Crippen molar-refractivity contribution in [3.8, 4) is 11.1 Å². The molecule has 1 aromatic carbocycles. The maximum Gasteiger partial charge on any atom is 0.416 e. The molecule has 0 saturated carbocycles. The molecule has 2 aromatic rings. The fourth-order valence-electron chi connectivity index (χ4n) is 3.00. The highest BCUT2D eigenvalue weighted by molar-refractivity contribution is 5.76. The summed E-state index contributed by atoms with van der Waals surface area (Å²) >= 11 is 0. The summed E-state index contributed by atoms with van der Waals surface area (Å²) < 4.78 is 43.8. The standard InChI is InChI=1S/C18H17F3N2O2/c1-22-17(24)10-25-16-7-6-13-14(8-23-9-15(13)16)11-2-4-12(5-3-11)18(19,20)21/h2-5,8-9,16H,6-7,10H2,1H3,(H,22,24). The first-order valence-corrected chi connectivity index (χ1v) is 7.86. The lowest BCUT2D eigenvalue weighted by atomic mass is 9.98. The molecule has 1 aliphatic rings. The van der Waals surface area contributed by atoms with E-state index in [1.165, 1.54) is 12.1 Å². The zero-order valence-corrected chi connectivity index (χ0v) is 13.6. The topological polar surface area (TPSA) is 51.2 Å². The van der Waals surface area contributed by atoms with Crippen molar-refractivity contribution in [1.82, 2.24) is 10.3 Å². The molecular weight excluding hydrogens is 333 g/mol. The van der Waals surface area contributed by atoms with E-state index in [9.17, 15) is 18.0 Å². The van der Waals surface area contributed by atoms with Gasteiger partial charge in [0.05, 0.1) is 11.7 Å². The van der Waals surface area contributed by atoms with E-state index in [1.54, 1.807) is 19.4 Å². The molecule has 0 spiro atoms. The highest BCUT2D eigenvalue weighted by Crippen LogP contribution is 2.39. The van der Waals surface area contributed by atoms with E-state index < -0.39 is 11.7 Å². The summed E-state index contributed by atoms with van der Waals surface area (Å²) in [5.41, 5.74) is 2.71. The molecule has 0 radical (unpaired) electrons. The zero-order valence-electron chi connectivity index (χ0n) is 13.6. The Hall–Kier alpha value is -2.41. The molecule has 1 heterocycles. The van der Waals surface area contributed by atoms with Crippen LogP contribution in [0, 0.1) is 0 Å². The van der Waals surface area contributed by atoms with Gasteiger partial charge in [0, 0.05) is 30.6 Å². The number of fused-ring (bicyclic) bond motifs is 1. The second-order valence-electron chi connectivity index (χ2n) is 5.84. The first-order valence-electron chi connectivity index (χ1n) is 7.86. The molecular formula is C18H17F3N2O2. The number of hydrogen-bond donors (Lipinski definition) is 1. The molecule has 1 amide bonds. The van der Waals surface area contributed by atoms with E-state index in [1.807, 2.05) is 0 Å². The summed E-state index contributed by atoms with van der Waals surface area (Å²) in [7, 11) is 1.54. The van der Waals surface area contributed by atoms with Gasteiger partial charge in [-0.05, 0) is 36.1 Å². The molecule has 1 unspecified atom stereocenters. The third kappa shape index (κ3) is 3.66.